The zero-order valence-corrected chi connectivity index (χ0v) is 24.9. The van der Waals surface area contributed by atoms with E-state index in [1.54, 1.807) is 0 Å². The van der Waals surface area contributed by atoms with Gasteiger partial charge >= 0.3 is 5.97 Å². The number of nitrogens with zero attached hydrogens (tertiary/aromatic N) is 2. The van der Waals surface area contributed by atoms with Gasteiger partial charge in [0.15, 0.2) is 17.5 Å². The van der Waals surface area contributed by atoms with Gasteiger partial charge in [0.1, 0.15) is 16.9 Å². The molecule has 8 nitrogen and oxygen atoms in total. The Bertz CT molecular complexity index is 1420. The Kier molecular flexibility index (Phi) is 9.14. The predicted molar refractivity (Wildman–Crippen MR) is 161 cm³/mol. The van der Waals surface area contributed by atoms with Crippen molar-refractivity contribution in [2.24, 2.45) is 0 Å². The number of hydrogen-bond acceptors (Lipinski definition) is 8. The number of aromatic nitrogens is 1. The van der Waals surface area contributed by atoms with Crippen LogP contribution in [-0.2, 0) is 31.3 Å². The van der Waals surface area contributed by atoms with Crippen molar-refractivity contribution in [1.82, 2.24) is 4.98 Å². The van der Waals surface area contributed by atoms with E-state index in [1.165, 1.54) is 0 Å². The minimum atomic E-state index is -0.751. The van der Waals surface area contributed by atoms with Gasteiger partial charge < -0.3 is 28.3 Å². The van der Waals surface area contributed by atoms with E-state index in [4.69, 9.17) is 28.3 Å². The molecule has 1 aromatic heterocycles. The fraction of sp³-hybridized carbons (Fsp3) is 0.412. The molecule has 1 saturated heterocycles. The van der Waals surface area contributed by atoms with Crippen LogP contribution in [0.3, 0.4) is 0 Å². The maximum atomic E-state index is 12.7. The molecule has 42 heavy (non-hydrogen) atoms. The second-order valence-corrected chi connectivity index (χ2v) is 11.5. The summed E-state index contributed by atoms with van der Waals surface area (Å²) >= 11 is 0. The molecule has 0 aliphatic carbocycles. The van der Waals surface area contributed by atoms with Crippen molar-refractivity contribution in [3.8, 4) is 5.75 Å². The quantitative estimate of drug-likeness (QED) is 0.168. The highest BCUT2D eigenvalue weighted by atomic mass is 16.7. The molecule has 0 spiro atoms. The minimum absolute atomic E-state index is 0.368. The lowest BCUT2D eigenvalue weighted by Gasteiger charge is -2.29. The SMILES string of the molecule is CCC(Oc1cccc(CN(CCCC2(c3ccccc3)OCCO2)c2nc3ccccc3o2)c1)C(=O)OC(C)(C)C. The molecule has 0 saturated carbocycles. The molecule has 1 fully saturated rings. The first-order valence-corrected chi connectivity index (χ1v) is 14.7. The Hall–Kier alpha value is -3.88. The van der Waals surface area contributed by atoms with Crippen molar-refractivity contribution in [3.63, 3.8) is 0 Å². The molecule has 0 N–H and O–H groups in total. The lowest BCUT2D eigenvalue weighted by Crippen LogP contribution is -2.35. The number of carbonyl (C=O) groups excluding carboxylic acids is 1. The van der Waals surface area contributed by atoms with Crippen molar-refractivity contribution in [2.75, 3.05) is 24.7 Å². The van der Waals surface area contributed by atoms with Crippen LogP contribution in [0, 0.1) is 0 Å². The predicted octanol–water partition coefficient (Wildman–Crippen LogP) is 7.01. The second kappa shape index (κ2) is 13.0. The van der Waals surface area contributed by atoms with Crippen LogP contribution in [0.2, 0.25) is 0 Å². The van der Waals surface area contributed by atoms with Gasteiger partial charge in [-0.2, -0.15) is 4.98 Å². The van der Waals surface area contributed by atoms with Crippen LogP contribution in [0.25, 0.3) is 11.1 Å². The van der Waals surface area contributed by atoms with E-state index in [9.17, 15) is 4.79 Å². The van der Waals surface area contributed by atoms with Crippen LogP contribution >= 0.6 is 0 Å². The number of esters is 1. The van der Waals surface area contributed by atoms with E-state index in [0.29, 0.717) is 50.9 Å². The van der Waals surface area contributed by atoms with Crippen molar-refractivity contribution < 1.29 is 28.2 Å². The van der Waals surface area contributed by atoms with Gasteiger partial charge in [-0.1, -0.05) is 61.5 Å². The number of carbonyl (C=O) groups is 1. The molecule has 1 aliphatic rings. The molecule has 2 heterocycles. The summed E-state index contributed by atoms with van der Waals surface area (Å²) < 4.78 is 30.2. The molecule has 0 bridgehead atoms. The highest BCUT2D eigenvalue weighted by Crippen LogP contribution is 2.36. The third-order valence-corrected chi connectivity index (χ3v) is 7.05. The molecule has 1 atom stereocenters. The fourth-order valence-corrected chi connectivity index (χ4v) is 5.11. The average Bonchev–Trinajstić information content (AvgIpc) is 3.63. The lowest BCUT2D eigenvalue weighted by atomic mass is 10.0. The van der Waals surface area contributed by atoms with Gasteiger partial charge in [-0.05, 0) is 63.4 Å². The lowest BCUT2D eigenvalue weighted by molar-refractivity contribution is -0.171. The molecule has 5 rings (SSSR count). The molecular weight excluding hydrogens is 532 g/mol. The summed E-state index contributed by atoms with van der Waals surface area (Å²) in [6, 6.07) is 26.2. The van der Waals surface area contributed by atoms with Gasteiger partial charge in [-0.25, -0.2) is 4.79 Å². The highest BCUT2D eigenvalue weighted by molar-refractivity contribution is 5.75. The van der Waals surface area contributed by atoms with Gasteiger partial charge in [0.05, 0.1) is 13.2 Å². The number of anilines is 1. The van der Waals surface area contributed by atoms with Gasteiger partial charge in [0.2, 0.25) is 0 Å². The number of benzene rings is 3. The maximum Gasteiger partial charge on any atom is 0.347 e. The summed E-state index contributed by atoms with van der Waals surface area (Å²) in [5.74, 6) is -0.510. The second-order valence-electron chi connectivity index (χ2n) is 11.5. The molecule has 3 aromatic carbocycles. The third-order valence-electron chi connectivity index (χ3n) is 7.05. The number of hydrogen-bond donors (Lipinski definition) is 0. The Morgan fingerprint density at radius 1 is 1.00 bits per heavy atom. The van der Waals surface area contributed by atoms with E-state index in [2.05, 4.69) is 17.0 Å². The van der Waals surface area contributed by atoms with Gasteiger partial charge in [0, 0.05) is 25.1 Å². The first kappa shape index (κ1) is 29.6. The van der Waals surface area contributed by atoms with Gasteiger partial charge in [-0.3, -0.25) is 0 Å². The standard InChI is InChI=1S/C34H40N2O6/c1-5-29(31(37)42-33(2,3)4)40-27-16-11-13-25(23-27)24-36(32-35-28-17-9-10-18-30(28)41-32)20-12-19-34(38-21-22-39-34)26-14-7-6-8-15-26/h6-11,13-18,23,29H,5,12,19-22,24H2,1-4H3. The van der Waals surface area contributed by atoms with Crippen molar-refractivity contribution >= 4 is 23.1 Å². The largest absolute Gasteiger partial charge is 0.479 e. The zero-order valence-electron chi connectivity index (χ0n) is 24.9. The fourth-order valence-electron chi connectivity index (χ4n) is 5.11. The molecule has 0 amide bonds. The molecular formula is C34H40N2O6. The third kappa shape index (κ3) is 7.30. The van der Waals surface area contributed by atoms with Gasteiger partial charge in [0.25, 0.3) is 6.01 Å². The Labute approximate surface area is 247 Å². The van der Waals surface area contributed by atoms with E-state index < -0.39 is 17.5 Å². The highest BCUT2D eigenvalue weighted by Gasteiger charge is 2.38. The molecule has 1 unspecified atom stereocenters. The Morgan fingerprint density at radius 3 is 2.45 bits per heavy atom. The molecule has 4 aromatic rings. The number of oxazole rings is 1. The normalized spacial score (nSPS) is 15.4. The van der Waals surface area contributed by atoms with Gasteiger partial charge in [-0.15, -0.1) is 0 Å². The van der Waals surface area contributed by atoms with Crippen LogP contribution in [-0.4, -0.2) is 42.4 Å². The first-order valence-electron chi connectivity index (χ1n) is 14.7. The monoisotopic (exact) mass is 572 g/mol. The molecule has 0 radical (unpaired) electrons. The summed E-state index contributed by atoms with van der Waals surface area (Å²) in [6.07, 6.45) is 1.28. The maximum absolute atomic E-state index is 12.7. The number of ether oxygens (including phenoxy) is 4. The van der Waals surface area contributed by atoms with E-state index >= 15 is 0 Å². The summed E-state index contributed by atoms with van der Waals surface area (Å²) in [5, 5.41) is 0. The summed E-state index contributed by atoms with van der Waals surface area (Å²) in [5.41, 5.74) is 2.99. The van der Waals surface area contributed by atoms with E-state index in [-0.39, 0.29) is 5.97 Å². The number of para-hydroxylation sites is 2. The molecule has 1 aliphatic heterocycles. The van der Waals surface area contributed by atoms with Crippen LogP contribution < -0.4 is 9.64 Å². The summed E-state index contributed by atoms with van der Waals surface area (Å²) in [7, 11) is 0. The van der Waals surface area contributed by atoms with Crippen molar-refractivity contribution in [2.45, 2.75) is 71.0 Å². The number of fused-ring (bicyclic) bond motifs is 1. The topological polar surface area (TPSA) is 83.3 Å². The molecule has 222 valence electrons. The van der Waals surface area contributed by atoms with Crippen LogP contribution in [0.15, 0.2) is 83.3 Å². The number of rotatable bonds is 12. The van der Waals surface area contributed by atoms with Crippen LogP contribution in [0.1, 0.15) is 58.1 Å². The van der Waals surface area contributed by atoms with Crippen molar-refractivity contribution in [3.05, 3.63) is 90.0 Å². The molecule has 8 heteroatoms. The first-order chi connectivity index (χ1) is 20.2. The average molecular weight is 573 g/mol. The minimum Gasteiger partial charge on any atom is -0.479 e. The van der Waals surface area contributed by atoms with Crippen LogP contribution in [0.4, 0.5) is 6.01 Å². The van der Waals surface area contributed by atoms with E-state index in [0.717, 1.165) is 28.6 Å². The Morgan fingerprint density at radius 2 is 1.74 bits per heavy atom. The zero-order chi connectivity index (χ0) is 29.6. The van der Waals surface area contributed by atoms with E-state index in [1.807, 2.05) is 94.4 Å². The smallest absolute Gasteiger partial charge is 0.347 e. The summed E-state index contributed by atoms with van der Waals surface area (Å²) in [4.78, 5) is 19.6. The van der Waals surface area contributed by atoms with Crippen molar-refractivity contribution in [1.29, 1.82) is 0 Å². The Balaban J connectivity index is 1.33. The van der Waals surface area contributed by atoms with Crippen LogP contribution in [0.5, 0.6) is 5.75 Å². The summed E-state index contributed by atoms with van der Waals surface area (Å²) in [6.45, 7) is 9.80.